The van der Waals surface area contributed by atoms with E-state index in [1.54, 1.807) is 19.6 Å². The molecular weight excluding hydrogens is 230 g/mol. The molecule has 0 spiro atoms. The summed E-state index contributed by atoms with van der Waals surface area (Å²) in [6.07, 6.45) is 3.39. The highest BCUT2D eigenvalue weighted by molar-refractivity contribution is 5.56. The quantitative estimate of drug-likeness (QED) is 0.890. The Bertz CT molecular complexity index is 537. The minimum atomic E-state index is 0.0354. The molecule has 0 saturated heterocycles. The first-order valence-electron chi connectivity index (χ1n) is 5.73. The van der Waals surface area contributed by atoms with Crippen LogP contribution in [0.2, 0.25) is 0 Å². The van der Waals surface area contributed by atoms with Crippen molar-refractivity contribution >= 4 is 5.69 Å². The van der Waals surface area contributed by atoms with Crippen LogP contribution >= 0.6 is 0 Å². The summed E-state index contributed by atoms with van der Waals surface area (Å²) >= 11 is 0. The number of nitrogens with zero attached hydrogens (tertiary/aromatic N) is 4. The summed E-state index contributed by atoms with van der Waals surface area (Å²) in [7, 11) is 3.55. The van der Waals surface area contributed by atoms with Crippen LogP contribution in [0.25, 0.3) is 0 Å². The van der Waals surface area contributed by atoms with Gasteiger partial charge in [-0.25, -0.2) is 0 Å². The zero-order valence-corrected chi connectivity index (χ0v) is 11.0. The van der Waals surface area contributed by atoms with Crippen molar-refractivity contribution in [3.63, 3.8) is 0 Å². The summed E-state index contributed by atoms with van der Waals surface area (Å²) in [6, 6.07) is 1.99. The van der Waals surface area contributed by atoms with E-state index in [-0.39, 0.29) is 6.04 Å². The van der Waals surface area contributed by atoms with E-state index in [4.69, 9.17) is 4.74 Å². The molecule has 2 heterocycles. The molecule has 0 radical (unpaired) electrons. The monoisotopic (exact) mass is 247 g/mol. The van der Waals surface area contributed by atoms with Crippen LogP contribution in [0.4, 0.5) is 5.69 Å². The third-order valence-corrected chi connectivity index (χ3v) is 2.73. The minimum Gasteiger partial charge on any atom is -0.493 e. The molecule has 0 amide bonds. The van der Waals surface area contributed by atoms with Crippen molar-refractivity contribution in [3.05, 3.63) is 30.1 Å². The number of anilines is 1. The molecule has 96 valence electrons. The van der Waals surface area contributed by atoms with E-state index in [0.29, 0.717) is 0 Å². The number of hydrogen-bond donors (Lipinski definition) is 1. The largest absolute Gasteiger partial charge is 0.493 e. The lowest BCUT2D eigenvalue weighted by molar-refractivity contribution is 0.414. The smallest absolute Gasteiger partial charge is 0.160 e. The molecule has 2 rings (SSSR count). The molecule has 1 atom stereocenters. The van der Waals surface area contributed by atoms with Gasteiger partial charge >= 0.3 is 0 Å². The second-order valence-electron chi connectivity index (χ2n) is 4.19. The van der Waals surface area contributed by atoms with Gasteiger partial charge in [-0.3, -0.25) is 4.98 Å². The van der Waals surface area contributed by atoms with E-state index in [1.165, 1.54) is 0 Å². The van der Waals surface area contributed by atoms with Crippen LogP contribution in [0.3, 0.4) is 0 Å². The van der Waals surface area contributed by atoms with Gasteiger partial charge in [0.25, 0.3) is 0 Å². The van der Waals surface area contributed by atoms with Crippen molar-refractivity contribution in [1.29, 1.82) is 0 Å². The van der Waals surface area contributed by atoms with Gasteiger partial charge in [0.15, 0.2) is 11.6 Å². The number of methoxy groups -OCH3 is 1. The highest BCUT2D eigenvalue weighted by Crippen LogP contribution is 2.27. The van der Waals surface area contributed by atoms with Crippen LogP contribution in [-0.4, -0.2) is 26.9 Å². The van der Waals surface area contributed by atoms with Gasteiger partial charge in [-0.1, -0.05) is 0 Å². The van der Waals surface area contributed by atoms with Crippen LogP contribution in [0.15, 0.2) is 18.6 Å². The van der Waals surface area contributed by atoms with E-state index >= 15 is 0 Å². The fourth-order valence-electron chi connectivity index (χ4n) is 1.80. The molecule has 0 bridgehead atoms. The highest BCUT2D eigenvalue weighted by Gasteiger charge is 2.13. The molecule has 6 nitrogen and oxygen atoms in total. The zero-order valence-electron chi connectivity index (χ0n) is 11.0. The van der Waals surface area contributed by atoms with E-state index in [9.17, 15) is 0 Å². The van der Waals surface area contributed by atoms with Gasteiger partial charge in [0.2, 0.25) is 0 Å². The van der Waals surface area contributed by atoms with Gasteiger partial charge in [0.1, 0.15) is 6.33 Å². The second-order valence-corrected chi connectivity index (χ2v) is 4.19. The Labute approximate surface area is 106 Å². The minimum absolute atomic E-state index is 0.0354. The lowest BCUT2D eigenvalue weighted by Crippen LogP contribution is -2.12. The van der Waals surface area contributed by atoms with E-state index in [2.05, 4.69) is 20.5 Å². The van der Waals surface area contributed by atoms with E-state index in [0.717, 1.165) is 23.0 Å². The molecule has 2 aromatic rings. The van der Waals surface area contributed by atoms with Crippen LogP contribution in [0.1, 0.15) is 24.5 Å². The molecule has 0 aromatic carbocycles. The van der Waals surface area contributed by atoms with Crippen molar-refractivity contribution in [3.8, 4) is 5.75 Å². The molecule has 1 N–H and O–H groups in total. The number of aromatic nitrogens is 4. The van der Waals surface area contributed by atoms with Crippen molar-refractivity contribution in [2.45, 2.75) is 19.9 Å². The van der Waals surface area contributed by atoms with E-state index < -0.39 is 0 Å². The topological polar surface area (TPSA) is 64.9 Å². The number of rotatable bonds is 4. The Kier molecular flexibility index (Phi) is 3.45. The van der Waals surface area contributed by atoms with Crippen LogP contribution < -0.4 is 10.1 Å². The molecule has 1 unspecified atom stereocenters. The Morgan fingerprint density at radius 2 is 2.22 bits per heavy atom. The Morgan fingerprint density at radius 3 is 2.83 bits per heavy atom. The van der Waals surface area contributed by atoms with Crippen LogP contribution in [0, 0.1) is 6.92 Å². The number of nitrogens with one attached hydrogen (secondary N) is 1. The summed E-state index contributed by atoms with van der Waals surface area (Å²) in [5.74, 6) is 1.58. The maximum Gasteiger partial charge on any atom is 0.160 e. The highest BCUT2D eigenvalue weighted by atomic mass is 16.5. The maximum absolute atomic E-state index is 5.28. The fourth-order valence-corrected chi connectivity index (χ4v) is 1.80. The number of aryl methyl sites for hydroxylation is 2. The summed E-state index contributed by atoms with van der Waals surface area (Å²) in [4.78, 5) is 4.20. The average molecular weight is 247 g/mol. The summed E-state index contributed by atoms with van der Waals surface area (Å²) < 4.78 is 7.17. The van der Waals surface area contributed by atoms with Crippen molar-refractivity contribution in [2.75, 3.05) is 12.4 Å². The average Bonchev–Trinajstić information content (AvgIpc) is 2.76. The van der Waals surface area contributed by atoms with Gasteiger partial charge in [-0.05, 0) is 19.9 Å². The molecule has 0 fully saturated rings. The fraction of sp³-hybridized carbons (Fsp3) is 0.417. The molecule has 0 aliphatic rings. The molecule has 0 aliphatic carbocycles. The summed E-state index contributed by atoms with van der Waals surface area (Å²) in [5.41, 5.74) is 1.84. The first kappa shape index (κ1) is 12.3. The molecule has 18 heavy (non-hydrogen) atoms. The van der Waals surface area contributed by atoms with Crippen molar-refractivity contribution in [1.82, 2.24) is 19.7 Å². The summed E-state index contributed by atoms with van der Waals surface area (Å²) in [6.45, 7) is 3.97. The second kappa shape index (κ2) is 5.03. The number of ether oxygens (including phenoxy) is 1. The molecule has 0 aliphatic heterocycles. The lowest BCUT2D eigenvalue weighted by atomic mass is 10.2. The third kappa shape index (κ3) is 2.42. The maximum atomic E-state index is 5.28. The first-order chi connectivity index (χ1) is 8.61. The Hall–Kier alpha value is -2.11. The van der Waals surface area contributed by atoms with Gasteiger partial charge in [0, 0.05) is 12.7 Å². The van der Waals surface area contributed by atoms with Crippen LogP contribution in [-0.2, 0) is 7.05 Å². The number of pyridine rings is 1. The zero-order chi connectivity index (χ0) is 13.1. The van der Waals surface area contributed by atoms with Gasteiger partial charge in [-0.2, -0.15) is 0 Å². The molecular formula is C12H17N5O. The van der Waals surface area contributed by atoms with Gasteiger partial charge < -0.3 is 14.6 Å². The lowest BCUT2D eigenvalue weighted by Gasteiger charge is -2.16. The van der Waals surface area contributed by atoms with Crippen LogP contribution in [0.5, 0.6) is 5.75 Å². The first-order valence-corrected chi connectivity index (χ1v) is 5.73. The number of hydrogen-bond acceptors (Lipinski definition) is 5. The van der Waals surface area contributed by atoms with Gasteiger partial charge in [-0.15, -0.1) is 10.2 Å². The summed E-state index contributed by atoms with van der Waals surface area (Å²) in [5, 5.41) is 11.3. The van der Waals surface area contributed by atoms with Gasteiger partial charge in [0.05, 0.1) is 25.0 Å². The standard InChI is InChI=1S/C12H17N5O/c1-8-5-10(11(18-4)6-13-8)15-9(2)12-16-14-7-17(12)3/h5-7,9H,1-4H3,(H,13,15). The SMILES string of the molecule is COc1cnc(C)cc1NC(C)c1nncn1C. The normalized spacial score (nSPS) is 12.2. The van der Waals surface area contributed by atoms with Crippen molar-refractivity contribution < 1.29 is 4.74 Å². The molecule has 0 saturated carbocycles. The third-order valence-electron chi connectivity index (χ3n) is 2.73. The Morgan fingerprint density at radius 1 is 1.44 bits per heavy atom. The predicted octanol–water partition coefficient (Wildman–Crippen LogP) is 1.70. The Balaban J connectivity index is 2.23. The van der Waals surface area contributed by atoms with Crippen molar-refractivity contribution in [2.24, 2.45) is 7.05 Å². The van der Waals surface area contributed by atoms with E-state index in [1.807, 2.05) is 31.5 Å². The predicted molar refractivity (Wildman–Crippen MR) is 68.6 cm³/mol. The molecule has 6 heteroatoms. The molecule has 2 aromatic heterocycles.